The molecule has 0 unspecified atom stereocenters. The standard InChI is InChI=1S/C20H18O2/c1-15(21)11-17-7-8-19-13-20(10-9-18(19)12-17)22-14-16-5-3-2-4-6-16/h2-10,12-13H,11,14H2,1H3. The van der Waals surface area contributed by atoms with Crippen molar-refractivity contribution >= 4 is 16.6 Å². The fraction of sp³-hybridized carbons (Fsp3) is 0.150. The molecular formula is C20H18O2. The molecule has 22 heavy (non-hydrogen) atoms. The number of carbonyl (C=O) groups excluding carboxylic acids is 1. The van der Waals surface area contributed by atoms with Crippen LogP contribution in [-0.4, -0.2) is 5.78 Å². The number of fused-ring (bicyclic) bond motifs is 1. The number of ether oxygens (including phenoxy) is 1. The summed E-state index contributed by atoms with van der Waals surface area (Å²) < 4.78 is 5.84. The first kappa shape index (κ1) is 14.3. The van der Waals surface area contributed by atoms with Gasteiger partial charge < -0.3 is 4.74 Å². The molecule has 110 valence electrons. The summed E-state index contributed by atoms with van der Waals surface area (Å²) in [5.41, 5.74) is 2.21. The van der Waals surface area contributed by atoms with Gasteiger partial charge in [0.1, 0.15) is 18.1 Å². The van der Waals surface area contributed by atoms with E-state index >= 15 is 0 Å². The van der Waals surface area contributed by atoms with Crippen molar-refractivity contribution < 1.29 is 9.53 Å². The highest BCUT2D eigenvalue weighted by Crippen LogP contribution is 2.23. The summed E-state index contributed by atoms with van der Waals surface area (Å²) in [5, 5.41) is 2.25. The van der Waals surface area contributed by atoms with Crippen LogP contribution in [0.4, 0.5) is 0 Å². The smallest absolute Gasteiger partial charge is 0.134 e. The number of benzene rings is 3. The van der Waals surface area contributed by atoms with Crippen molar-refractivity contribution in [2.45, 2.75) is 20.0 Å². The number of hydrogen-bond acceptors (Lipinski definition) is 2. The van der Waals surface area contributed by atoms with Crippen LogP contribution >= 0.6 is 0 Å². The van der Waals surface area contributed by atoms with Crippen molar-refractivity contribution in [1.82, 2.24) is 0 Å². The third-order valence-corrected chi connectivity index (χ3v) is 3.58. The molecule has 3 aromatic carbocycles. The molecule has 0 aliphatic carbocycles. The number of carbonyl (C=O) groups is 1. The average molecular weight is 290 g/mol. The van der Waals surface area contributed by atoms with E-state index in [4.69, 9.17) is 4.74 Å². The number of hydrogen-bond donors (Lipinski definition) is 0. The van der Waals surface area contributed by atoms with Crippen molar-refractivity contribution in [3.05, 3.63) is 77.9 Å². The molecule has 3 rings (SSSR count). The average Bonchev–Trinajstić information content (AvgIpc) is 2.53. The maximum absolute atomic E-state index is 11.2. The zero-order chi connectivity index (χ0) is 15.4. The Labute approximate surface area is 130 Å². The fourth-order valence-corrected chi connectivity index (χ4v) is 2.50. The highest BCUT2D eigenvalue weighted by atomic mass is 16.5. The van der Waals surface area contributed by atoms with Crippen molar-refractivity contribution in [2.24, 2.45) is 0 Å². The van der Waals surface area contributed by atoms with Crippen molar-refractivity contribution in [3.63, 3.8) is 0 Å². The first-order chi connectivity index (χ1) is 10.7. The topological polar surface area (TPSA) is 26.3 Å². The summed E-state index contributed by atoms with van der Waals surface area (Å²) >= 11 is 0. The minimum atomic E-state index is 0.183. The van der Waals surface area contributed by atoms with Gasteiger partial charge in [0.2, 0.25) is 0 Å². The second-order valence-electron chi connectivity index (χ2n) is 5.50. The largest absolute Gasteiger partial charge is 0.489 e. The van der Waals surface area contributed by atoms with Gasteiger partial charge in [0, 0.05) is 6.42 Å². The van der Waals surface area contributed by atoms with Gasteiger partial charge >= 0.3 is 0 Å². The Bertz CT molecular complexity index is 791. The Morgan fingerprint density at radius 2 is 1.59 bits per heavy atom. The van der Waals surface area contributed by atoms with Crippen LogP contribution in [0.1, 0.15) is 18.1 Å². The van der Waals surface area contributed by atoms with E-state index in [-0.39, 0.29) is 5.78 Å². The highest BCUT2D eigenvalue weighted by molar-refractivity contribution is 5.86. The lowest BCUT2D eigenvalue weighted by atomic mass is 10.0. The van der Waals surface area contributed by atoms with Crippen LogP contribution in [0.15, 0.2) is 66.7 Å². The third-order valence-electron chi connectivity index (χ3n) is 3.58. The van der Waals surface area contributed by atoms with E-state index in [1.54, 1.807) is 6.92 Å². The summed E-state index contributed by atoms with van der Waals surface area (Å²) in [6.45, 7) is 2.18. The SMILES string of the molecule is CC(=O)Cc1ccc2cc(OCc3ccccc3)ccc2c1. The van der Waals surface area contributed by atoms with Crippen LogP contribution in [0.3, 0.4) is 0 Å². The summed E-state index contributed by atoms with van der Waals surface area (Å²) in [6, 6.07) is 22.3. The number of rotatable bonds is 5. The molecule has 0 N–H and O–H groups in total. The molecule has 0 saturated carbocycles. The quantitative estimate of drug-likeness (QED) is 0.689. The monoisotopic (exact) mass is 290 g/mol. The maximum atomic E-state index is 11.2. The van der Waals surface area contributed by atoms with Gasteiger partial charge in [-0.25, -0.2) is 0 Å². The first-order valence-corrected chi connectivity index (χ1v) is 7.39. The fourth-order valence-electron chi connectivity index (χ4n) is 2.50. The van der Waals surface area contributed by atoms with Gasteiger partial charge in [0.15, 0.2) is 0 Å². The van der Waals surface area contributed by atoms with E-state index < -0.39 is 0 Å². The van der Waals surface area contributed by atoms with Gasteiger partial charge in [-0.05, 0) is 41.0 Å². The van der Waals surface area contributed by atoms with E-state index in [1.807, 2.05) is 48.5 Å². The second kappa shape index (κ2) is 6.44. The summed E-state index contributed by atoms with van der Waals surface area (Å²) in [5.74, 6) is 1.04. The van der Waals surface area contributed by atoms with Crippen molar-refractivity contribution in [1.29, 1.82) is 0 Å². The first-order valence-electron chi connectivity index (χ1n) is 7.39. The molecule has 0 fully saturated rings. The molecule has 0 aromatic heterocycles. The van der Waals surface area contributed by atoms with E-state index in [0.717, 1.165) is 27.6 Å². The van der Waals surface area contributed by atoms with Gasteiger partial charge in [-0.15, -0.1) is 0 Å². The molecule has 0 aliphatic rings. The molecule has 0 saturated heterocycles. The van der Waals surface area contributed by atoms with Gasteiger partial charge in [-0.1, -0.05) is 54.6 Å². The summed E-state index contributed by atoms with van der Waals surface area (Å²) in [4.78, 5) is 11.2. The second-order valence-corrected chi connectivity index (χ2v) is 5.50. The van der Waals surface area contributed by atoms with Crippen LogP contribution in [0.25, 0.3) is 10.8 Å². The van der Waals surface area contributed by atoms with Crippen LogP contribution in [0, 0.1) is 0 Å². The lowest BCUT2D eigenvalue weighted by molar-refractivity contribution is -0.116. The Balaban J connectivity index is 1.77. The van der Waals surface area contributed by atoms with Gasteiger partial charge in [-0.2, -0.15) is 0 Å². The lowest BCUT2D eigenvalue weighted by Gasteiger charge is -2.08. The normalized spacial score (nSPS) is 10.6. The molecular weight excluding hydrogens is 272 g/mol. The molecule has 0 heterocycles. The van der Waals surface area contributed by atoms with Gasteiger partial charge in [-0.3, -0.25) is 4.79 Å². The van der Waals surface area contributed by atoms with E-state index in [2.05, 4.69) is 18.2 Å². The van der Waals surface area contributed by atoms with Crippen molar-refractivity contribution in [3.8, 4) is 5.75 Å². The van der Waals surface area contributed by atoms with Gasteiger partial charge in [0.25, 0.3) is 0 Å². The highest BCUT2D eigenvalue weighted by Gasteiger charge is 2.02. The van der Waals surface area contributed by atoms with E-state index in [1.165, 1.54) is 0 Å². The maximum Gasteiger partial charge on any atom is 0.134 e. The molecule has 0 bridgehead atoms. The zero-order valence-corrected chi connectivity index (χ0v) is 12.6. The Morgan fingerprint density at radius 3 is 2.36 bits per heavy atom. The molecule has 0 atom stereocenters. The van der Waals surface area contributed by atoms with Crippen LogP contribution in [-0.2, 0) is 17.8 Å². The minimum Gasteiger partial charge on any atom is -0.489 e. The van der Waals surface area contributed by atoms with Crippen LogP contribution < -0.4 is 4.74 Å². The molecule has 3 aromatic rings. The molecule has 2 heteroatoms. The Kier molecular flexibility index (Phi) is 4.19. The molecule has 0 radical (unpaired) electrons. The molecule has 0 amide bonds. The number of Topliss-reactive ketones (excluding diaryl/α,β-unsaturated/α-hetero) is 1. The Hall–Kier alpha value is -2.61. The predicted octanol–water partition coefficient (Wildman–Crippen LogP) is 4.55. The molecule has 0 aliphatic heterocycles. The van der Waals surface area contributed by atoms with E-state index in [9.17, 15) is 4.79 Å². The zero-order valence-electron chi connectivity index (χ0n) is 12.6. The lowest BCUT2D eigenvalue weighted by Crippen LogP contribution is -1.96. The van der Waals surface area contributed by atoms with E-state index in [0.29, 0.717) is 13.0 Å². The van der Waals surface area contributed by atoms with Crippen molar-refractivity contribution in [2.75, 3.05) is 0 Å². The molecule has 2 nitrogen and oxygen atoms in total. The van der Waals surface area contributed by atoms with Crippen LogP contribution in [0.5, 0.6) is 5.75 Å². The third kappa shape index (κ3) is 3.53. The number of ketones is 1. The van der Waals surface area contributed by atoms with Gasteiger partial charge in [0.05, 0.1) is 0 Å². The Morgan fingerprint density at radius 1 is 0.864 bits per heavy atom. The predicted molar refractivity (Wildman–Crippen MR) is 89.1 cm³/mol. The summed E-state index contributed by atoms with van der Waals surface area (Å²) in [6.07, 6.45) is 0.488. The molecule has 0 spiro atoms. The summed E-state index contributed by atoms with van der Waals surface area (Å²) in [7, 11) is 0. The van der Waals surface area contributed by atoms with Crippen LogP contribution in [0.2, 0.25) is 0 Å². The minimum absolute atomic E-state index is 0.183.